The lowest BCUT2D eigenvalue weighted by Gasteiger charge is -2.23. The van der Waals surface area contributed by atoms with E-state index in [2.05, 4.69) is 10.3 Å². The summed E-state index contributed by atoms with van der Waals surface area (Å²) in [5.74, 6) is 0. The van der Waals surface area contributed by atoms with Crippen LogP contribution in [0.15, 0.2) is 24.4 Å². The highest BCUT2D eigenvalue weighted by Gasteiger charge is 2.20. The Hall–Kier alpha value is -1.62. The van der Waals surface area contributed by atoms with Gasteiger partial charge in [-0.3, -0.25) is 4.98 Å². The fourth-order valence-corrected chi connectivity index (χ4v) is 1.46. The van der Waals surface area contributed by atoms with Crippen molar-refractivity contribution in [2.75, 3.05) is 6.61 Å². The summed E-state index contributed by atoms with van der Waals surface area (Å²) in [5.41, 5.74) is 0.162. The molecule has 1 aromatic heterocycles. The van der Waals surface area contributed by atoms with Crippen LogP contribution in [0.1, 0.15) is 38.9 Å². The molecule has 100 valence electrons. The zero-order valence-electron chi connectivity index (χ0n) is 11.0. The smallest absolute Gasteiger partial charge is 0.408 e. The van der Waals surface area contributed by atoms with Crippen molar-refractivity contribution < 1.29 is 14.6 Å². The summed E-state index contributed by atoms with van der Waals surface area (Å²) >= 11 is 0. The molecule has 1 aromatic rings. The van der Waals surface area contributed by atoms with Crippen LogP contribution in [0.5, 0.6) is 0 Å². The van der Waals surface area contributed by atoms with Gasteiger partial charge in [0, 0.05) is 12.8 Å². The Bertz CT molecular complexity index is 374. The molecule has 5 heteroatoms. The van der Waals surface area contributed by atoms with E-state index in [0.29, 0.717) is 12.1 Å². The Kier molecular flexibility index (Phi) is 5.09. The molecule has 2 N–H and O–H groups in total. The molecule has 0 aliphatic heterocycles. The summed E-state index contributed by atoms with van der Waals surface area (Å²) in [5, 5.41) is 11.7. The first kappa shape index (κ1) is 14.4. The predicted molar refractivity (Wildman–Crippen MR) is 68.1 cm³/mol. The average Bonchev–Trinajstić information content (AvgIpc) is 2.27. The number of alkyl carbamates (subject to hydrolysis) is 1. The van der Waals surface area contributed by atoms with Gasteiger partial charge >= 0.3 is 6.09 Å². The van der Waals surface area contributed by atoms with Gasteiger partial charge in [-0.25, -0.2) is 4.79 Å². The molecule has 1 rings (SSSR count). The highest BCUT2D eigenvalue weighted by atomic mass is 16.6. The average molecular weight is 252 g/mol. The van der Waals surface area contributed by atoms with E-state index in [0.717, 1.165) is 0 Å². The minimum absolute atomic E-state index is 0.0307. The van der Waals surface area contributed by atoms with Crippen molar-refractivity contribution in [1.82, 2.24) is 10.3 Å². The number of hydrogen-bond acceptors (Lipinski definition) is 4. The number of hydrogen-bond donors (Lipinski definition) is 2. The monoisotopic (exact) mass is 252 g/mol. The maximum Gasteiger partial charge on any atom is 0.408 e. The van der Waals surface area contributed by atoms with Crippen molar-refractivity contribution in [3.05, 3.63) is 30.1 Å². The van der Waals surface area contributed by atoms with Gasteiger partial charge in [0.2, 0.25) is 0 Å². The number of carbonyl (C=O) groups is 1. The Morgan fingerprint density at radius 1 is 1.50 bits per heavy atom. The number of rotatable bonds is 4. The van der Waals surface area contributed by atoms with Gasteiger partial charge in [-0.05, 0) is 39.3 Å². The maximum absolute atomic E-state index is 11.7. The Balaban J connectivity index is 2.67. The van der Waals surface area contributed by atoms with Crippen LogP contribution in [0, 0.1) is 0 Å². The molecule has 0 aromatic carbocycles. The van der Waals surface area contributed by atoms with Crippen molar-refractivity contribution in [3.8, 4) is 0 Å². The number of aromatic nitrogens is 1. The van der Waals surface area contributed by atoms with Crippen LogP contribution < -0.4 is 5.32 Å². The van der Waals surface area contributed by atoms with Crippen LogP contribution in [-0.2, 0) is 4.74 Å². The summed E-state index contributed by atoms with van der Waals surface area (Å²) in [4.78, 5) is 15.8. The number of aliphatic hydroxyl groups excluding tert-OH is 1. The number of nitrogens with zero attached hydrogens (tertiary/aromatic N) is 1. The molecule has 0 fully saturated rings. The molecular weight excluding hydrogens is 232 g/mol. The molecule has 0 bridgehead atoms. The van der Waals surface area contributed by atoms with Crippen LogP contribution in [0.2, 0.25) is 0 Å². The number of aliphatic hydroxyl groups is 1. The molecule has 0 saturated carbocycles. The lowest BCUT2D eigenvalue weighted by Crippen LogP contribution is -2.35. The second kappa shape index (κ2) is 6.35. The topological polar surface area (TPSA) is 71.5 Å². The van der Waals surface area contributed by atoms with Crippen LogP contribution in [0.3, 0.4) is 0 Å². The molecule has 1 amide bonds. The normalized spacial score (nSPS) is 12.9. The lowest BCUT2D eigenvalue weighted by atomic mass is 10.1. The minimum atomic E-state index is -0.544. The second-order valence-corrected chi connectivity index (χ2v) is 4.97. The number of ether oxygens (including phenoxy) is 1. The fourth-order valence-electron chi connectivity index (χ4n) is 1.46. The molecule has 0 radical (unpaired) electrons. The number of amides is 1. The largest absolute Gasteiger partial charge is 0.444 e. The molecule has 1 atom stereocenters. The molecule has 18 heavy (non-hydrogen) atoms. The molecule has 0 saturated heterocycles. The molecule has 0 spiro atoms. The lowest BCUT2D eigenvalue weighted by molar-refractivity contribution is 0.0495. The van der Waals surface area contributed by atoms with E-state index >= 15 is 0 Å². The van der Waals surface area contributed by atoms with E-state index < -0.39 is 11.7 Å². The van der Waals surface area contributed by atoms with Gasteiger partial charge in [-0.1, -0.05) is 6.07 Å². The van der Waals surface area contributed by atoms with Gasteiger partial charge in [0.1, 0.15) is 5.60 Å². The number of nitrogens with one attached hydrogen (secondary N) is 1. The minimum Gasteiger partial charge on any atom is -0.444 e. The molecule has 1 heterocycles. The van der Waals surface area contributed by atoms with Gasteiger partial charge in [-0.2, -0.15) is 0 Å². The Morgan fingerprint density at radius 3 is 2.72 bits per heavy atom. The van der Waals surface area contributed by atoms with E-state index in [1.165, 1.54) is 0 Å². The van der Waals surface area contributed by atoms with Crippen LogP contribution in [0.4, 0.5) is 4.79 Å². The van der Waals surface area contributed by atoms with Crippen LogP contribution in [-0.4, -0.2) is 28.4 Å². The third-order valence-corrected chi connectivity index (χ3v) is 2.15. The van der Waals surface area contributed by atoms with Gasteiger partial charge in [0.25, 0.3) is 0 Å². The summed E-state index contributed by atoms with van der Waals surface area (Å²) in [6.07, 6.45) is 1.54. The van der Waals surface area contributed by atoms with Crippen molar-refractivity contribution in [2.45, 2.75) is 38.8 Å². The van der Waals surface area contributed by atoms with E-state index in [4.69, 9.17) is 9.84 Å². The highest BCUT2D eigenvalue weighted by molar-refractivity contribution is 5.68. The van der Waals surface area contributed by atoms with E-state index in [1.807, 2.05) is 6.07 Å². The first-order chi connectivity index (χ1) is 8.42. The summed E-state index contributed by atoms with van der Waals surface area (Å²) < 4.78 is 5.18. The van der Waals surface area contributed by atoms with Crippen molar-refractivity contribution >= 4 is 6.09 Å². The predicted octanol–water partition coefficient (Wildman–Crippen LogP) is 2.03. The molecule has 0 aliphatic carbocycles. The fraction of sp³-hybridized carbons (Fsp3) is 0.538. The summed E-state index contributed by atoms with van der Waals surface area (Å²) in [6.45, 7) is 5.37. The number of carbonyl (C=O) groups excluding carboxylic acids is 1. The van der Waals surface area contributed by atoms with E-state index in [-0.39, 0.29) is 12.6 Å². The van der Waals surface area contributed by atoms with Gasteiger partial charge in [-0.15, -0.1) is 0 Å². The summed E-state index contributed by atoms with van der Waals surface area (Å²) in [6, 6.07) is 5.10. The van der Waals surface area contributed by atoms with Crippen molar-refractivity contribution in [2.24, 2.45) is 0 Å². The van der Waals surface area contributed by atoms with Crippen molar-refractivity contribution in [3.63, 3.8) is 0 Å². The maximum atomic E-state index is 11.7. The van der Waals surface area contributed by atoms with Gasteiger partial charge < -0.3 is 15.2 Å². The third-order valence-electron chi connectivity index (χ3n) is 2.15. The zero-order valence-corrected chi connectivity index (χ0v) is 11.0. The summed E-state index contributed by atoms with van der Waals surface area (Å²) in [7, 11) is 0. The van der Waals surface area contributed by atoms with Crippen LogP contribution in [0.25, 0.3) is 0 Å². The first-order valence-electron chi connectivity index (χ1n) is 5.93. The first-order valence-corrected chi connectivity index (χ1v) is 5.93. The molecule has 0 unspecified atom stereocenters. The molecule has 5 nitrogen and oxygen atoms in total. The third kappa shape index (κ3) is 5.14. The van der Waals surface area contributed by atoms with Crippen LogP contribution >= 0.6 is 0 Å². The molecule has 0 aliphatic rings. The molecular formula is C13H20N2O3. The van der Waals surface area contributed by atoms with E-state index in [1.54, 1.807) is 39.1 Å². The zero-order chi connectivity index (χ0) is 13.6. The SMILES string of the molecule is CC(C)(C)OC(=O)N[C@H](CCO)c1ccccn1. The van der Waals surface area contributed by atoms with E-state index in [9.17, 15) is 4.79 Å². The quantitative estimate of drug-likeness (QED) is 0.860. The Morgan fingerprint density at radius 2 is 2.22 bits per heavy atom. The van der Waals surface area contributed by atoms with Gasteiger partial charge in [0.15, 0.2) is 0 Å². The highest BCUT2D eigenvalue weighted by Crippen LogP contribution is 2.15. The Labute approximate surface area is 107 Å². The standard InChI is InChI=1S/C13H20N2O3/c1-13(2,3)18-12(17)15-11(7-9-16)10-6-4-5-8-14-10/h4-6,8,11,16H,7,9H2,1-3H3,(H,15,17)/t11-/m1/s1. The second-order valence-electron chi connectivity index (χ2n) is 4.97. The van der Waals surface area contributed by atoms with Gasteiger partial charge in [0.05, 0.1) is 11.7 Å². The van der Waals surface area contributed by atoms with Crippen molar-refractivity contribution in [1.29, 1.82) is 0 Å². The number of pyridine rings is 1.